The molecular weight excluding hydrogens is 414 g/mol. The monoisotopic (exact) mass is 445 g/mol. The molecule has 0 saturated carbocycles. The van der Waals surface area contributed by atoms with E-state index in [0.717, 1.165) is 29.7 Å². The first-order valence-electron chi connectivity index (χ1n) is 10.4. The summed E-state index contributed by atoms with van der Waals surface area (Å²) >= 11 is 0. The number of carboxylic acids is 1. The lowest BCUT2D eigenvalue weighted by molar-refractivity contribution is -0.160. The third kappa shape index (κ3) is 8.56. The second-order valence-electron chi connectivity index (χ2n) is 7.70. The molecule has 0 fully saturated rings. The van der Waals surface area contributed by atoms with Gasteiger partial charge in [0.1, 0.15) is 24.2 Å². The number of aliphatic hydroxyl groups excluding tert-OH is 1. The van der Waals surface area contributed by atoms with E-state index in [9.17, 15) is 14.7 Å². The van der Waals surface area contributed by atoms with E-state index in [2.05, 4.69) is 0 Å². The summed E-state index contributed by atoms with van der Waals surface area (Å²) in [5.41, 5.74) is 2.17. The van der Waals surface area contributed by atoms with Crippen LogP contribution >= 0.6 is 0 Å². The number of carbonyl (C=O) groups is 2. The van der Waals surface area contributed by atoms with E-state index in [0.29, 0.717) is 12.3 Å². The Hall–Kier alpha value is -3.10. The van der Waals surface area contributed by atoms with Crippen LogP contribution in [0.3, 0.4) is 0 Å². The average molecular weight is 446 g/mol. The van der Waals surface area contributed by atoms with Crippen molar-refractivity contribution >= 4 is 11.9 Å². The number of methoxy groups -OCH3 is 1. The van der Waals surface area contributed by atoms with E-state index in [1.54, 1.807) is 7.11 Å². The Morgan fingerprint density at radius 3 is 2.50 bits per heavy atom. The zero-order valence-corrected chi connectivity index (χ0v) is 18.7. The summed E-state index contributed by atoms with van der Waals surface area (Å²) < 4.78 is 16.6. The van der Waals surface area contributed by atoms with Gasteiger partial charge in [-0.2, -0.15) is 0 Å². The molecule has 2 aromatic rings. The molecular formula is C24H31NO7. The molecule has 2 atom stereocenters. The van der Waals surface area contributed by atoms with E-state index in [1.807, 2.05) is 67.5 Å². The van der Waals surface area contributed by atoms with Gasteiger partial charge in [0, 0.05) is 6.54 Å². The minimum atomic E-state index is -1.79. The fourth-order valence-corrected chi connectivity index (χ4v) is 3.15. The van der Waals surface area contributed by atoms with Crippen LogP contribution in [0, 0.1) is 0 Å². The molecule has 8 heteroatoms. The Morgan fingerprint density at radius 1 is 1.06 bits per heavy atom. The number of esters is 1. The molecule has 0 heterocycles. The number of nitrogens with zero attached hydrogens (tertiary/aromatic N) is 1. The molecule has 32 heavy (non-hydrogen) atoms. The van der Waals surface area contributed by atoms with Crippen LogP contribution in [0.2, 0.25) is 0 Å². The highest BCUT2D eigenvalue weighted by molar-refractivity contribution is 5.80. The van der Waals surface area contributed by atoms with Crippen molar-refractivity contribution in [3.63, 3.8) is 0 Å². The van der Waals surface area contributed by atoms with Crippen molar-refractivity contribution in [1.29, 1.82) is 0 Å². The Bertz CT molecular complexity index is 884. The van der Waals surface area contributed by atoms with Crippen LogP contribution in [0.1, 0.15) is 17.5 Å². The Morgan fingerprint density at radius 2 is 1.81 bits per heavy atom. The zero-order chi connectivity index (χ0) is 23.5. The molecule has 2 rings (SSSR count). The number of likely N-dealkylation sites (N-methyl/N-ethyl adjacent to an activating group) is 1. The molecule has 0 spiro atoms. The van der Waals surface area contributed by atoms with Crippen molar-refractivity contribution < 1.29 is 34.0 Å². The SMILES string of the molecule is COc1cccc(CCc2ccccc2OC[C@@H](CN(C)C)OC(=O)C[C@@H](O)C(=O)O)c1. The maximum Gasteiger partial charge on any atom is 0.333 e. The van der Waals surface area contributed by atoms with Crippen LogP contribution in [0.4, 0.5) is 0 Å². The second-order valence-corrected chi connectivity index (χ2v) is 7.70. The third-order valence-electron chi connectivity index (χ3n) is 4.73. The van der Waals surface area contributed by atoms with Gasteiger partial charge in [-0.25, -0.2) is 4.79 Å². The van der Waals surface area contributed by atoms with Gasteiger partial charge in [-0.3, -0.25) is 4.79 Å². The van der Waals surface area contributed by atoms with E-state index >= 15 is 0 Å². The highest BCUT2D eigenvalue weighted by atomic mass is 16.6. The van der Waals surface area contributed by atoms with Crippen LogP contribution in [-0.4, -0.2) is 73.6 Å². The molecule has 174 valence electrons. The Kier molecular flexibility index (Phi) is 9.97. The van der Waals surface area contributed by atoms with Crippen LogP contribution in [-0.2, 0) is 27.2 Å². The highest BCUT2D eigenvalue weighted by Gasteiger charge is 2.23. The Balaban J connectivity index is 1.99. The summed E-state index contributed by atoms with van der Waals surface area (Å²) in [5.74, 6) is -0.747. The fourth-order valence-electron chi connectivity index (χ4n) is 3.15. The summed E-state index contributed by atoms with van der Waals surface area (Å²) in [6.07, 6.45) is -1.46. The van der Waals surface area contributed by atoms with Crippen molar-refractivity contribution in [2.24, 2.45) is 0 Å². The molecule has 0 unspecified atom stereocenters. The van der Waals surface area contributed by atoms with E-state index < -0.39 is 30.6 Å². The number of aliphatic hydroxyl groups is 1. The molecule has 2 aromatic carbocycles. The van der Waals surface area contributed by atoms with Crippen LogP contribution in [0.25, 0.3) is 0 Å². The predicted molar refractivity (Wildman–Crippen MR) is 119 cm³/mol. The number of carboxylic acid groups (broad SMARTS) is 1. The van der Waals surface area contributed by atoms with Crippen molar-refractivity contribution in [2.75, 3.05) is 34.4 Å². The number of hydrogen-bond acceptors (Lipinski definition) is 7. The molecule has 0 aliphatic heterocycles. The van der Waals surface area contributed by atoms with Gasteiger partial charge < -0.3 is 29.3 Å². The van der Waals surface area contributed by atoms with Gasteiger partial charge in [-0.1, -0.05) is 30.3 Å². The molecule has 0 aliphatic rings. The average Bonchev–Trinajstić information content (AvgIpc) is 2.76. The van der Waals surface area contributed by atoms with Gasteiger partial charge in [0.2, 0.25) is 0 Å². The van der Waals surface area contributed by atoms with Crippen LogP contribution in [0.15, 0.2) is 48.5 Å². The summed E-state index contributed by atoms with van der Waals surface area (Å²) in [6.45, 7) is 0.490. The van der Waals surface area contributed by atoms with Gasteiger partial charge in [0.25, 0.3) is 0 Å². The maximum absolute atomic E-state index is 12.0. The number of benzene rings is 2. The number of aliphatic carboxylic acids is 1. The molecule has 0 saturated heterocycles. The first-order chi connectivity index (χ1) is 15.3. The standard InChI is InChI=1S/C24H31NO7/c1-25(2)15-20(32-23(27)14-21(26)24(28)29)16-31-22-10-5-4-8-18(22)12-11-17-7-6-9-19(13-17)30-3/h4-10,13,20-21,26H,11-12,14-16H2,1-3H3,(H,28,29)/t20-,21-/m1/s1. The van der Waals surface area contributed by atoms with E-state index in [-0.39, 0.29) is 6.61 Å². The zero-order valence-electron chi connectivity index (χ0n) is 18.7. The minimum absolute atomic E-state index is 0.100. The van der Waals surface area contributed by atoms with Gasteiger partial charge in [0.15, 0.2) is 6.10 Å². The van der Waals surface area contributed by atoms with Gasteiger partial charge in [0.05, 0.1) is 13.5 Å². The van der Waals surface area contributed by atoms with E-state index in [4.69, 9.17) is 19.3 Å². The first-order valence-corrected chi connectivity index (χ1v) is 10.4. The molecule has 0 bridgehead atoms. The molecule has 0 amide bonds. The quantitative estimate of drug-likeness (QED) is 0.452. The topological polar surface area (TPSA) is 106 Å². The molecule has 8 nitrogen and oxygen atoms in total. The van der Waals surface area contributed by atoms with Crippen molar-refractivity contribution in [3.05, 3.63) is 59.7 Å². The predicted octanol–water partition coefficient (Wildman–Crippen LogP) is 2.17. The summed E-state index contributed by atoms with van der Waals surface area (Å²) in [6, 6.07) is 15.6. The largest absolute Gasteiger partial charge is 0.497 e. The Labute approximate surface area is 188 Å². The summed E-state index contributed by atoms with van der Waals surface area (Å²) in [4.78, 5) is 24.6. The van der Waals surface area contributed by atoms with Gasteiger partial charge in [-0.15, -0.1) is 0 Å². The smallest absolute Gasteiger partial charge is 0.333 e. The number of hydrogen-bond donors (Lipinski definition) is 2. The van der Waals surface area contributed by atoms with Crippen LogP contribution < -0.4 is 9.47 Å². The lowest BCUT2D eigenvalue weighted by Gasteiger charge is -2.23. The number of carbonyl (C=O) groups excluding carboxylic acids is 1. The lowest BCUT2D eigenvalue weighted by atomic mass is 10.0. The van der Waals surface area contributed by atoms with Gasteiger partial charge >= 0.3 is 11.9 Å². The molecule has 0 radical (unpaired) electrons. The summed E-state index contributed by atoms with van der Waals surface area (Å²) in [7, 11) is 5.30. The fraction of sp³-hybridized carbons (Fsp3) is 0.417. The number of aryl methyl sites for hydroxylation is 2. The van der Waals surface area contributed by atoms with Gasteiger partial charge in [-0.05, 0) is 56.3 Å². The number of rotatable bonds is 13. The maximum atomic E-state index is 12.0. The number of ether oxygens (including phenoxy) is 3. The van der Waals surface area contributed by atoms with Crippen molar-refractivity contribution in [3.8, 4) is 11.5 Å². The number of para-hydroxylation sites is 1. The van der Waals surface area contributed by atoms with Crippen molar-refractivity contribution in [1.82, 2.24) is 4.90 Å². The van der Waals surface area contributed by atoms with Crippen LogP contribution in [0.5, 0.6) is 11.5 Å². The normalized spacial score (nSPS) is 12.8. The first kappa shape index (κ1) is 25.2. The molecule has 0 aliphatic carbocycles. The third-order valence-corrected chi connectivity index (χ3v) is 4.73. The van der Waals surface area contributed by atoms with E-state index in [1.165, 1.54) is 0 Å². The molecule has 2 N–H and O–H groups in total. The van der Waals surface area contributed by atoms with Crippen molar-refractivity contribution in [2.45, 2.75) is 31.5 Å². The second kappa shape index (κ2) is 12.7. The highest BCUT2D eigenvalue weighted by Crippen LogP contribution is 2.22. The molecule has 0 aromatic heterocycles. The summed E-state index contributed by atoms with van der Waals surface area (Å²) in [5, 5.41) is 18.1. The minimum Gasteiger partial charge on any atom is -0.497 e. The lowest BCUT2D eigenvalue weighted by Crippen LogP contribution is -2.36.